The lowest BCUT2D eigenvalue weighted by Gasteiger charge is -2.30. The van der Waals surface area contributed by atoms with Crippen molar-refractivity contribution < 1.29 is 4.79 Å². The predicted molar refractivity (Wildman–Crippen MR) is 92.1 cm³/mol. The fourth-order valence-corrected chi connectivity index (χ4v) is 5.31. The number of hydrogen-bond acceptors (Lipinski definition) is 1. The Labute approximate surface area is 141 Å². The zero-order valence-electron chi connectivity index (χ0n) is 13.1. The molecule has 118 valence electrons. The molecule has 22 heavy (non-hydrogen) atoms. The molecule has 2 nitrogen and oxygen atoms in total. The van der Waals surface area contributed by atoms with E-state index in [4.69, 9.17) is 0 Å². The molecule has 1 saturated heterocycles. The fraction of sp³-hybridized carbons (Fsp3) is 0.632. The smallest absolute Gasteiger partial charge is 0.254 e. The Bertz CT molecular complexity index is 579. The van der Waals surface area contributed by atoms with Crippen molar-refractivity contribution in [2.75, 3.05) is 13.1 Å². The molecule has 2 bridgehead atoms. The van der Waals surface area contributed by atoms with Crippen LogP contribution in [0.15, 0.2) is 22.7 Å². The van der Waals surface area contributed by atoms with Crippen LogP contribution in [-0.4, -0.2) is 23.9 Å². The highest BCUT2D eigenvalue weighted by Crippen LogP contribution is 2.53. The highest BCUT2D eigenvalue weighted by atomic mass is 79.9. The van der Waals surface area contributed by atoms with Crippen LogP contribution in [0.4, 0.5) is 0 Å². The lowest BCUT2D eigenvalue weighted by Crippen LogP contribution is -2.36. The number of benzene rings is 1. The van der Waals surface area contributed by atoms with Gasteiger partial charge in [-0.05, 0) is 80.0 Å². The Hall–Kier alpha value is -0.830. The summed E-state index contributed by atoms with van der Waals surface area (Å²) in [6.45, 7) is 1.87. The Kier molecular flexibility index (Phi) is 4.02. The van der Waals surface area contributed by atoms with Gasteiger partial charge < -0.3 is 4.90 Å². The first-order chi connectivity index (χ1) is 10.7. The van der Waals surface area contributed by atoms with Crippen LogP contribution in [0.3, 0.4) is 0 Å². The van der Waals surface area contributed by atoms with Crippen molar-refractivity contribution >= 4 is 21.8 Å². The van der Waals surface area contributed by atoms with Gasteiger partial charge in [-0.25, -0.2) is 0 Å². The van der Waals surface area contributed by atoms with E-state index in [9.17, 15) is 4.79 Å². The molecule has 0 radical (unpaired) electrons. The van der Waals surface area contributed by atoms with Crippen molar-refractivity contribution in [2.45, 2.75) is 50.9 Å². The summed E-state index contributed by atoms with van der Waals surface area (Å²) < 4.78 is 1.11. The number of carbonyl (C=O) groups excluding carboxylic acids is 1. The second-order valence-electron chi connectivity index (χ2n) is 7.37. The van der Waals surface area contributed by atoms with E-state index < -0.39 is 0 Å². The van der Waals surface area contributed by atoms with E-state index in [-0.39, 0.29) is 5.91 Å². The van der Waals surface area contributed by atoms with Gasteiger partial charge in [0.25, 0.3) is 5.91 Å². The van der Waals surface area contributed by atoms with Gasteiger partial charge in [0.1, 0.15) is 0 Å². The Morgan fingerprint density at radius 1 is 1.09 bits per heavy atom. The summed E-state index contributed by atoms with van der Waals surface area (Å²) in [5, 5.41) is 0. The molecular formula is C19H24BrNO. The monoisotopic (exact) mass is 361 g/mol. The van der Waals surface area contributed by atoms with Gasteiger partial charge in [-0.15, -0.1) is 0 Å². The third-order valence-electron chi connectivity index (χ3n) is 6.02. The van der Waals surface area contributed by atoms with Gasteiger partial charge in [0, 0.05) is 23.1 Å². The van der Waals surface area contributed by atoms with Crippen LogP contribution in [0.5, 0.6) is 0 Å². The van der Waals surface area contributed by atoms with Gasteiger partial charge in [-0.1, -0.05) is 22.4 Å². The van der Waals surface area contributed by atoms with Crippen molar-refractivity contribution in [2.24, 2.45) is 11.8 Å². The molecular weight excluding hydrogens is 338 g/mol. The molecule has 0 N–H and O–H groups in total. The van der Waals surface area contributed by atoms with Gasteiger partial charge in [0.15, 0.2) is 0 Å². The van der Waals surface area contributed by atoms with E-state index in [1.165, 1.54) is 37.7 Å². The van der Waals surface area contributed by atoms with Gasteiger partial charge >= 0.3 is 0 Å². The second kappa shape index (κ2) is 5.99. The normalized spacial score (nSPS) is 30.8. The van der Waals surface area contributed by atoms with Crippen LogP contribution in [0, 0.1) is 11.8 Å². The average Bonchev–Trinajstić information content (AvgIpc) is 3.18. The minimum absolute atomic E-state index is 0.268. The summed E-state index contributed by atoms with van der Waals surface area (Å²) in [7, 11) is 0. The number of likely N-dealkylation sites (tertiary alicyclic amines) is 1. The largest absolute Gasteiger partial charge is 0.339 e. The quantitative estimate of drug-likeness (QED) is 0.727. The standard InChI is InChI=1S/C19H24BrNO/c20-15-6-7-16(19(22)21-8-2-1-3-9-21)18(12-15)17-11-13-4-5-14(17)10-13/h6-7,12-14,17H,1-5,8-11H2. The van der Waals surface area contributed by atoms with Crippen molar-refractivity contribution in [3.63, 3.8) is 0 Å². The van der Waals surface area contributed by atoms with Crippen LogP contribution in [0.1, 0.15) is 66.8 Å². The summed E-state index contributed by atoms with van der Waals surface area (Å²) in [5.41, 5.74) is 2.29. The minimum atomic E-state index is 0.268. The van der Waals surface area contributed by atoms with Gasteiger partial charge in [-0.3, -0.25) is 4.79 Å². The Morgan fingerprint density at radius 2 is 1.91 bits per heavy atom. The molecule has 1 amide bonds. The molecule has 1 aliphatic heterocycles. The minimum Gasteiger partial charge on any atom is -0.339 e. The molecule has 3 heteroatoms. The second-order valence-corrected chi connectivity index (χ2v) is 8.28. The summed E-state index contributed by atoms with van der Waals surface area (Å²) in [4.78, 5) is 15.1. The van der Waals surface area contributed by atoms with Crippen molar-refractivity contribution in [1.82, 2.24) is 4.90 Å². The highest BCUT2D eigenvalue weighted by molar-refractivity contribution is 9.10. The molecule has 2 aliphatic carbocycles. The Balaban J connectivity index is 1.65. The lowest BCUT2D eigenvalue weighted by atomic mass is 9.81. The topological polar surface area (TPSA) is 20.3 Å². The molecule has 1 aromatic rings. The van der Waals surface area contributed by atoms with E-state index in [1.807, 2.05) is 6.07 Å². The molecule has 4 rings (SSSR count). The fourth-order valence-electron chi connectivity index (χ4n) is 4.93. The van der Waals surface area contributed by atoms with Crippen LogP contribution in [0.2, 0.25) is 0 Å². The number of piperidine rings is 1. The number of nitrogens with zero attached hydrogens (tertiary/aromatic N) is 1. The summed E-state index contributed by atoms with van der Waals surface area (Å²) in [6, 6.07) is 6.32. The summed E-state index contributed by atoms with van der Waals surface area (Å²) >= 11 is 3.62. The maximum atomic E-state index is 13.0. The molecule has 3 unspecified atom stereocenters. The molecule has 2 saturated carbocycles. The molecule has 3 aliphatic rings. The zero-order chi connectivity index (χ0) is 15.1. The number of hydrogen-bond donors (Lipinski definition) is 0. The number of carbonyl (C=O) groups is 1. The lowest BCUT2D eigenvalue weighted by molar-refractivity contribution is 0.0722. The van der Waals surface area contributed by atoms with Crippen LogP contribution in [0.25, 0.3) is 0 Å². The maximum absolute atomic E-state index is 13.0. The highest BCUT2D eigenvalue weighted by Gasteiger charge is 2.41. The molecule has 1 aromatic carbocycles. The average molecular weight is 362 g/mol. The first-order valence-corrected chi connectivity index (χ1v) is 9.60. The summed E-state index contributed by atoms with van der Waals surface area (Å²) in [5.74, 6) is 2.60. The summed E-state index contributed by atoms with van der Waals surface area (Å²) in [6.07, 6.45) is 9.03. The molecule has 0 spiro atoms. The first kappa shape index (κ1) is 14.7. The van der Waals surface area contributed by atoms with Gasteiger partial charge in [-0.2, -0.15) is 0 Å². The third-order valence-corrected chi connectivity index (χ3v) is 6.52. The number of halogens is 1. The molecule has 3 fully saturated rings. The van der Waals surface area contributed by atoms with Crippen LogP contribution < -0.4 is 0 Å². The van der Waals surface area contributed by atoms with Gasteiger partial charge in [0.2, 0.25) is 0 Å². The van der Waals surface area contributed by atoms with Crippen molar-refractivity contribution in [3.8, 4) is 0 Å². The Morgan fingerprint density at radius 3 is 2.59 bits per heavy atom. The van der Waals surface area contributed by atoms with E-state index in [1.54, 1.807) is 0 Å². The maximum Gasteiger partial charge on any atom is 0.254 e. The molecule has 3 atom stereocenters. The van der Waals surface area contributed by atoms with Crippen molar-refractivity contribution in [3.05, 3.63) is 33.8 Å². The third kappa shape index (κ3) is 2.62. The van der Waals surface area contributed by atoms with E-state index in [0.29, 0.717) is 5.92 Å². The molecule has 1 heterocycles. The van der Waals surface area contributed by atoms with Crippen LogP contribution in [-0.2, 0) is 0 Å². The van der Waals surface area contributed by atoms with E-state index >= 15 is 0 Å². The zero-order valence-corrected chi connectivity index (χ0v) is 14.6. The first-order valence-electron chi connectivity index (χ1n) is 8.81. The predicted octanol–water partition coefficient (Wildman–Crippen LogP) is 4.98. The van der Waals surface area contributed by atoms with E-state index in [0.717, 1.165) is 47.8 Å². The van der Waals surface area contributed by atoms with Crippen molar-refractivity contribution in [1.29, 1.82) is 0 Å². The number of rotatable bonds is 2. The van der Waals surface area contributed by atoms with Gasteiger partial charge in [0.05, 0.1) is 0 Å². The number of fused-ring (bicyclic) bond motifs is 2. The molecule has 0 aromatic heterocycles. The SMILES string of the molecule is O=C(c1ccc(Br)cc1C1CC2CCC1C2)N1CCCCC1. The number of amides is 1. The van der Waals surface area contributed by atoms with E-state index in [2.05, 4.69) is 33.0 Å². The van der Waals surface area contributed by atoms with Crippen LogP contribution >= 0.6 is 15.9 Å².